The van der Waals surface area contributed by atoms with Crippen LogP contribution in [0.1, 0.15) is 31.4 Å². The van der Waals surface area contributed by atoms with Gasteiger partial charge in [-0.05, 0) is 18.2 Å². The second-order valence-electron chi connectivity index (χ2n) is 5.57. The molecule has 24 heavy (non-hydrogen) atoms. The molecule has 0 amide bonds. The first-order valence-electron chi connectivity index (χ1n) is 7.30. The van der Waals surface area contributed by atoms with Crippen LogP contribution in [0.4, 0.5) is 4.39 Å². The van der Waals surface area contributed by atoms with Gasteiger partial charge in [0.25, 0.3) is 5.89 Å². The van der Waals surface area contributed by atoms with Gasteiger partial charge in [-0.3, -0.25) is 4.21 Å². The first-order valence-corrected chi connectivity index (χ1v) is 9.02. The molecule has 0 fully saturated rings. The number of halogens is 1. The van der Waals surface area contributed by atoms with E-state index in [0.29, 0.717) is 17.3 Å². The predicted molar refractivity (Wildman–Crippen MR) is 86.5 cm³/mol. The minimum absolute atomic E-state index is 0.0556. The first-order chi connectivity index (χ1) is 11.4. The van der Waals surface area contributed by atoms with E-state index in [-0.39, 0.29) is 29.2 Å². The Kier molecular flexibility index (Phi) is 4.52. The van der Waals surface area contributed by atoms with Gasteiger partial charge in [-0.1, -0.05) is 25.1 Å². The molecule has 3 aromatic rings. The molecule has 7 nitrogen and oxygen atoms in total. The molecule has 0 saturated carbocycles. The molecule has 0 spiro atoms. The van der Waals surface area contributed by atoms with Gasteiger partial charge >= 0.3 is 0 Å². The van der Waals surface area contributed by atoms with Crippen molar-refractivity contribution in [1.82, 2.24) is 24.9 Å². The number of hydrogen-bond donors (Lipinski definition) is 0. The van der Waals surface area contributed by atoms with Crippen molar-refractivity contribution >= 4 is 10.8 Å². The van der Waals surface area contributed by atoms with Gasteiger partial charge in [0, 0.05) is 23.0 Å². The summed E-state index contributed by atoms with van der Waals surface area (Å²) >= 11 is 0. The van der Waals surface area contributed by atoms with Crippen LogP contribution in [0.3, 0.4) is 0 Å². The summed E-state index contributed by atoms with van der Waals surface area (Å²) in [6.45, 7) is 3.92. The van der Waals surface area contributed by atoms with Crippen LogP contribution in [0, 0.1) is 5.82 Å². The number of hydrogen-bond acceptors (Lipinski definition) is 6. The van der Waals surface area contributed by atoms with Crippen LogP contribution in [0.15, 0.2) is 28.8 Å². The SMILES string of the molecule is CC(C)c1nc(-c2nc(C[S@](C)=O)no2)nn1-c1cccc(F)c1. The molecule has 1 aromatic carbocycles. The minimum Gasteiger partial charge on any atom is -0.330 e. The Morgan fingerprint density at radius 2 is 2.12 bits per heavy atom. The Morgan fingerprint density at radius 3 is 2.79 bits per heavy atom. The number of rotatable bonds is 5. The summed E-state index contributed by atoms with van der Waals surface area (Å²) in [7, 11) is -1.07. The van der Waals surface area contributed by atoms with Crippen molar-refractivity contribution in [2.45, 2.75) is 25.5 Å². The fraction of sp³-hybridized carbons (Fsp3) is 0.333. The lowest BCUT2D eigenvalue weighted by Gasteiger charge is -2.07. The van der Waals surface area contributed by atoms with E-state index in [1.54, 1.807) is 23.1 Å². The molecule has 0 N–H and O–H groups in total. The molecule has 1 atom stereocenters. The van der Waals surface area contributed by atoms with Crippen LogP contribution >= 0.6 is 0 Å². The van der Waals surface area contributed by atoms with Crippen molar-refractivity contribution in [2.24, 2.45) is 0 Å². The van der Waals surface area contributed by atoms with E-state index in [1.807, 2.05) is 13.8 Å². The Balaban J connectivity index is 2.03. The molecule has 9 heteroatoms. The fourth-order valence-electron chi connectivity index (χ4n) is 2.17. The molecule has 0 radical (unpaired) electrons. The highest BCUT2D eigenvalue weighted by Gasteiger charge is 2.20. The first kappa shape index (κ1) is 16.4. The molecule has 0 aliphatic rings. The Labute approximate surface area is 140 Å². The van der Waals surface area contributed by atoms with E-state index in [9.17, 15) is 8.60 Å². The molecule has 2 aromatic heterocycles. The summed E-state index contributed by atoms with van der Waals surface area (Å²) in [4.78, 5) is 8.60. The maximum atomic E-state index is 13.5. The van der Waals surface area contributed by atoms with Gasteiger partial charge in [-0.15, -0.1) is 5.10 Å². The number of aromatic nitrogens is 5. The second kappa shape index (κ2) is 6.60. The van der Waals surface area contributed by atoms with Gasteiger partial charge in [-0.2, -0.15) is 4.98 Å². The van der Waals surface area contributed by atoms with Crippen LogP contribution in [0.25, 0.3) is 17.4 Å². The van der Waals surface area contributed by atoms with E-state index in [0.717, 1.165) is 0 Å². The van der Waals surface area contributed by atoms with Gasteiger partial charge in [0.15, 0.2) is 5.82 Å². The van der Waals surface area contributed by atoms with Crippen molar-refractivity contribution in [3.05, 3.63) is 41.7 Å². The largest absolute Gasteiger partial charge is 0.330 e. The van der Waals surface area contributed by atoms with E-state index in [4.69, 9.17) is 4.52 Å². The summed E-state index contributed by atoms with van der Waals surface area (Å²) in [6, 6.07) is 6.10. The van der Waals surface area contributed by atoms with Crippen molar-refractivity contribution in [3.8, 4) is 17.4 Å². The molecular formula is C15H16FN5O2S. The fourth-order valence-corrected chi connectivity index (χ4v) is 2.65. The highest BCUT2D eigenvalue weighted by molar-refractivity contribution is 7.83. The van der Waals surface area contributed by atoms with Crippen molar-refractivity contribution in [1.29, 1.82) is 0 Å². The lowest BCUT2D eigenvalue weighted by molar-refractivity contribution is 0.422. The van der Waals surface area contributed by atoms with Crippen LogP contribution in [0.2, 0.25) is 0 Å². The van der Waals surface area contributed by atoms with E-state index in [2.05, 4.69) is 20.2 Å². The molecule has 126 valence electrons. The summed E-state index contributed by atoms with van der Waals surface area (Å²) < 4.78 is 31.5. The highest BCUT2D eigenvalue weighted by atomic mass is 32.2. The maximum absolute atomic E-state index is 13.5. The Hall–Kier alpha value is -2.42. The minimum atomic E-state index is -1.07. The zero-order chi connectivity index (χ0) is 17.3. The Morgan fingerprint density at radius 1 is 1.33 bits per heavy atom. The molecule has 0 aliphatic carbocycles. The number of benzene rings is 1. The smallest absolute Gasteiger partial charge is 0.297 e. The summed E-state index contributed by atoms with van der Waals surface area (Å²) in [5.74, 6) is 1.28. The average Bonchev–Trinajstić information content (AvgIpc) is 3.13. The van der Waals surface area contributed by atoms with Crippen LogP contribution in [0.5, 0.6) is 0 Å². The molecule has 0 aliphatic heterocycles. The van der Waals surface area contributed by atoms with E-state index in [1.165, 1.54) is 12.1 Å². The van der Waals surface area contributed by atoms with Gasteiger partial charge < -0.3 is 4.52 Å². The second-order valence-corrected chi connectivity index (χ2v) is 7.01. The summed E-state index contributed by atoms with van der Waals surface area (Å²) in [5.41, 5.74) is 0.562. The van der Waals surface area contributed by atoms with Crippen LogP contribution < -0.4 is 0 Å². The van der Waals surface area contributed by atoms with Crippen molar-refractivity contribution in [2.75, 3.05) is 6.26 Å². The van der Waals surface area contributed by atoms with Crippen molar-refractivity contribution in [3.63, 3.8) is 0 Å². The standard InChI is InChI=1S/C15H16FN5O2S/c1-9(2)14-18-13(15-17-12(20-23-15)8-24(3)22)19-21(14)11-6-4-5-10(16)7-11/h4-7,9H,8H2,1-3H3/t24-/m0/s1. The van der Waals surface area contributed by atoms with Gasteiger partial charge in [0.2, 0.25) is 5.82 Å². The maximum Gasteiger partial charge on any atom is 0.297 e. The molecule has 0 unspecified atom stereocenters. The third-order valence-electron chi connectivity index (χ3n) is 3.19. The van der Waals surface area contributed by atoms with Crippen LogP contribution in [-0.2, 0) is 16.6 Å². The van der Waals surface area contributed by atoms with E-state index < -0.39 is 10.8 Å². The van der Waals surface area contributed by atoms with E-state index >= 15 is 0 Å². The predicted octanol–water partition coefficient (Wildman–Crippen LogP) is 2.46. The molecule has 0 bridgehead atoms. The quantitative estimate of drug-likeness (QED) is 0.703. The lowest BCUT2D eigenvalue weighted by atomic mass is 10.2. The van der Waals surface area contributed by atoms with Gasteiger partial charge in [0.05, 0.1) is 11.4 Å². The zero-order valence-corrected chi connectivity index (χ0v) is 14.2. The Bertz CT molecular complexity index is 890. The van der Waals surface area contributed by atoms with Gasteiger partial charge in [0.1, 0.15) is 11.6 Å². The topological polar surface area (TPSA) is 86.7 Å². The molecule has 2 heterocycles. The third kappa shape index (κ3) is 3.40. The third-order valence-corrected chi connectivity index (χ3v) is 3.86. The van der Waals surface area contributed by atoms with Crippen LogP contribution in [-0.4, -0.2) is 35.4 Å². The summed E-state index contributed by atoms with van der Waals surface area (Å²) in [6.07, 6.45) is 1.56. The summed E-state index contributed by atoms with van der Waals surface area (Å²) in [5, 5.41) is 8.15. The lowest BCUT2D eigenvalue weighted by Crippen LogP contribution is -2.04. The zero-order valence-electron chi connectivity index (χ0n) is 13.4. The molecule has 3 rings (SSSR count). The normalized spacial score (nSPS) is 12.7. The highest BCUT2D eigenvalue weighted by Crippen LogP contribution is 2.22. The average molecular weight is 349 g/mol. The molecule has 0 saturated heterocycles. The molecular weight excluding hydrogens is 333 g/mol. The monoisotopic (exact) mass is 349 g/mol. The van der Waals surface area contributed by atoms with Gasteiger partial charge in [-0.25, -0.2) is 14.1 Å². The van der Waals surface area contributed by atoms with Crippen molar-refractivity contribution < 1.29 is 13.1 Å². The number of nitrogens with zero attached hydrogens (tertiary/aromatic N) is 5.